The van der Waals surface area contributed by atoms with Gasteiger partial charge in [-0.25, -0.2) is 13.1 Å². The molecule has 0 saturated carbocycles. The fraction of sp³-hybridized carbons (Fsp3) is 0.636. The zero-order valence-corrected chi connectivity index (χ0v) is 13.3. The monoisotopic (exact) mass is 345 g/mol. The highest BCUT2D eigenvalue weighted by molar-refractivity contribution is 8.00. The van der Waals surface area contributed by atoms with Gasteiger partial charge in [-0.05, 0) is 24.4 Å². The second-order valence-electron chi connectivity index (χ2n) is 4.25. The number of aryl methyl sites for hydroxylation is 1. The Labute approximate surface area is 126 Å². The van der Waals surface area contributed by atoms with Gasteiger partial charge in [0.1, 0.15) is 0 Å². The predicted octanol–water partition coefficient (Wildman–Crippen LogP) is 1.67. The summed E-state index contributed by atoms with van der Waals surface area (Å²) in [6.45, 7) is 2.93. The first-order valence-corrected chi connectivity index (χ1v) is 8.69. The molecule has 1 aromatic rings. The van der Waals surface area contributed by atoms with Gasteiger partial charge in [-0.3, -0.25) is 0 Å². The second-order valence-corrected chi connectivity index (χ2v) is 7.18. The predicted molar refractivity (Wildman–Crippen MR) is 76.5 cm³/mol. The molecular formula is C11H18F3N3O2S2. The highest BCUT2D eigenvalue weighted by atomic mass is 32.2. The Morgan fingerprint density at radius 3 is 2.62 bits per heavy atom. The number of aromatic nitrogens is 1. The lowest BCUT2D eigenvalue weighted by atomic mass is 10.4. The number of sulfonamides is 1. The Hall–Kier alpha value is -0.710. The van der Waals surface area contributed by atoms with Gasteiger partial charge in [0.15, 0.2) is 0 Å². The smallest absolute Gasteiger partial charge is 0.352 e. The van der Waals surface area contributed by atoms with E-state index < -0.39 is 15.5 Å². The van der Waals surface area contributed by atoms with Crippen molar-refractivity contribution >= 4 is 21.8 Å². The van der Waals surface area contributed by atoms with E-state index in [1.807, 2.05) is 6.92 Å². The third-order valence-corrected chi connectivity index (χ3v) is 4.77. The fourth-order valence-electron chi connectivity index (χ4n) is 1.58. The number of alkyl halides is 3. The quantitative estimate of drug-likeness (QED) is 0.704. The van der Waals surface area contributed by atoms with Crippen LogP contribution in [0, 0.1) is 0 Å². The van der Waals surface area contributed by atoms with Crippen LogP contribution in [0.3, 0.4) is 0 Å². The van der Waals surface area contributed by atoms with E-state index in [1.165, 1.54) is 12.3 Å². The molecule has 0 atom stereocenters. The molecule has 0 aliphatic heterocycles. The number of hydrogen-bond acceptors (Lipinski definition) is 4. The lowest BCUT2D eigenvalue weighted by Crippen LogP contribution is -2.26. The van der Waals surface area contributed by atoms with Gasteiger partial charge in [0, 0.05) is 37.8 Å². The van der Waals surface area contributed by atoms with Gasteiger partial charge < -0.3 is 9.88 Å². The van der Waals surface area contributed by atoms with Crippen LogP contribution < -0.4 is 10.0 Å². The van der Waals surface area contributed by atoms with Gasteiger partial charge >= 0.3 is 5.51 Å². The van der Waals surface area contributed by atoms with E-state index in [0.29, 0.717) is 6.54 Å². The highest BCUT2D eigenvalue weighted by Crippen LogP contribution is 2.29. The maximum absolute atomic E-state index is 12.0. The summed E-state index contributed by atoms with van der Waals surface area (Å²) in [4.78, 5) is 0.0508. The molecule has 21 heavy (non-hydrogen) atoms. The topological polar surface area (TPSA) is 63.1 Å². The number of hydrogen-bond donors (Lipinski definition) is 2. The van der Waals surface area contributed by atoms with Gasteiger partial charge in [0.2, 0.25) is 10.0 Å². The van der Waals surface area contributed by atoms with Crippen LogP contribution in [0.4, 0.5) is 13.2 Å². The van der Waals surface area contributed by atoms with Crippen molar-refractivity contribution in [1.29, 1.82) is 0 Å². The Morgan fingerprint density at radius 2 is 2.05 bits per heavy atom. The Morgan fingerprint density at radius 1 is 1.38 bits per heavy atom. The summed E-state index contributed by atoms with van der Waals surface area (Å²) in [5, 5.41) is 3.07. The summed E-state index contributed by atoms with van der Waals surface area (Å²) >= 11 is -0.253. The first kappa shape index (κ1) is 18.3. The van der Waals surface area contributed by atoms with Gasteiger partial charge in [-0.2, -0.15) is 13.2 Å². The molecule has 0 aliphatic rings. The first-order chi connectivity index (χ1) is 9.65. The van der Waals surface area contributed by atoms with Crippen LogP contribution in [0.1, 0.15) is 12.6 Å². The van der Waals surface area contributed by atoms with Crippen LogP contribution in [-0.2, 0) is 23.6 Å². The number of halogens is 3. The summed E-state index contributed by atoms with van der Waals surface area (Å²) in [6, 6.07) is 1.50. The van der Waals surface area contributed by atoms with Gasteiger partial charge in [-0.15, -0.1) is 0 Å². The minimum atomic E-state index is -4.35. The van der Waals surface area contributed by atoms with Crippen molar-refractivity contribution in [3.8, 4) is 0 Å². The van der Waals surface area contributed by atoms with Crippen LogP contribution in [0.5, 0.6) is 0 Å². The van der Waals surface area contributed by atoms with E-state index in [-0.39, 0.29) is 29.0 Å². The minimum Gasteiger partial charge on any atom is -0.352 e. The van der Waals surface area contributed by atoms with Crippen LogP contribution in [-0.4, -0.2) is 37.3 Å². The molecule has 0 radical (unpaired) electrons. The van der Waals surface area contributed by atoms with Crippen molar-refractivity contribution < 1.29 is 21.6 Å². The highest BCUT2D eigenvalue weighted by Gasteiger charge is 2.28. The van der Waals surface area contributed by atoms with Crippen molar-refractivity contribution in [3.63, 3.8) is 0 Å². The summed E-state index contributed by atoms with van der Waals surface area (Å²) < 4.78 is 63.6. The molecule has 1 aromatic heterocycles. The van der Waals surface area contributed by atoms with Gasteiger partial charge in [-0.1, -0.05) is 6.92 Å². The van der Waals surface area contributed by atoms with Crippen molar-refractivity contribution in [2.45, 2.75) is 23.9 Å². The van der Waals surface area contributed by atoms with Crippen molar-refractivity contribution in [3.05, 3.63) is 18.0 Å². The first-order valence-electron chi connectivity index (χ1n) is 6.22. The van der Waals surface area contributed by atoms with E-state index in [1.54, 1.807) is 11.6 Å². The Kier molecular flexibility index (Phi) is 6.57. The average Bonchev–Trinajstić information content (AvgIpc) is 2.73. The standard InChI is InChI=1S/C11H18F3N3O2S2/c1-3-15-7-9-6-10(8-17(9)2)21(18,19)16-4-5-20-11(12,13)14/h6,8,15-16H,3-5,7H2,1-2H3. The molecule has 0 spiro atoms. The van der Waals surface area contributed by atoms with Crippen LogP contribution >= 0.6 is 11.8 Å². The second kappa shape index (κ2) is 7.52. The molecule has 0 aromatic carbocycles. The molecular weight excluding hydrogens is 327 g/mol. The molecule has 0 bridgehead atoms. The molecule has 0 aliphatic carbocycles. The molecule has 2 N–H and O–H groups in total. The van der Waals surface area contributed by atoms with E-state index in [4.69, 9.17) is 0 Å². The molecule has 0 fully saturated rings. The average molecular weight is 345 g/mol. The lowest BCUT2D eigenvalue weighted by molar-refractivity contribution is -0.0327. The molecule has 122 valence electrons. The van der Waals surface area contributed by atoms with Crippen molar-refractivity contribution in [1.82, 2.24) is 14.6 Å². The van der Waals surface area contributed by atoms with Gasteiger partial charge in [0.25, 0.3) is 0 Å². The van der Waals surface area contributed by atoms with Gasteiger partial charge in [0.05, 0.1) is 4.90 Å². The third-order valence-electron chi connectivity index (χ3n) is 2.61. The van der Waals surface area contributed by atoms with Crippen LogP contribution in [0.15, 0.2) is 17.2 Å². The fourth-order valence-corrected chi connectivity index (χ4v) is 3.27. The summed E-state index contributed by atoms with van der Waals surface area (Å²) in [7, 11) is -2.07. The third kappa shape index (κ3) is 6.29. The van der Waals surface area contributed by atoms with E-state index in [0.717, 1.165) is 12.2 Å². The molecule has 10 heteroatoms. The van der Waals surface area contributed by atoms with E-state index in [2.05, 4.69) is 10.0 Å². The molecule has 0 unspecified atom stereocenters. The number of nitrogens with one attached hydrogen (secondary N) is 2. The zero-order chi connectivity index (χ0) is 16.1. The van der Waals surface area contributed by atoms with Crippen LogP contribution in [0.2, 0.25) is 0 Å². The Balaban J connectivity index is 2.62. The largest absolute Gasteiger partial charge is 0.441 e. The molecule has 1 rings (SSSR count). The lowest BCUT2D eigenvalue weighted by Gasteiger charge is -2.06. The molecule has 5 nitrogen and oxygen atoms in total. The summed E-state index contributed by atoms with van der Waals surface area (Å²) in [5.41, 5.74) is -3.57. The maximum atomic E-state index is 12.0. The maximum Gasteiger partial charge on any atom is 0.441 e. The zero-order valence-electron chi connectivity index (χ0n) is 11.7. The summed E-state index contributed by atoms with van der Waals surface area (Å²) in [6.07, 6.45) is 1.44. The normalized spacial score (nSPS) is 12.8. The number of rotatable bonds is 8. The van der Waals surface area contributed by atoms with Crippen molar-refractivity contribution in [2.24, 2.45) is 7.05 Å². The molecule has 0 saturated heterocycles. The minimum absolute atomic E-state index is 0.0508. The van der Waals surface area contributed by atoms with E-state index in [9.17, 15) is 21.6 Å². The van der Waals surface area contributed by atoms with E-state index >= 15 is 0 Å². The number of nitrogens with zero attached hydrogens (tertiary/aromatic N) is 1. The number of thioether (sulfide) groups is 1. The summed E-state index contributed by atoms with van der Waals surface area (Å²) in [5.74, 6) is -0.361. The Bertz CT molecular complexity index is 556. The van der Waals surface area contributed by atoms with Crippen LogP contribution in [0.25, 0.3) is 0 Å². The van der Waals surface area contributed by atoms with Crippen molar-refractivity contribution in [2.75, 3.05) is 18.8 Å². The molecule has 1 heterocycles. The molecule has 0 amide bonds. The SMILES string of the molecule is CCNCc1cc(S(=O)(=O)NCCSC(F)(F)F)cn1C.